The molecule has 1 saturated carbocycles. The molecular formula is C27H31N3O3S. The summed E-state index contributed by atoms with van der Waals surface area (Å²) in [6.07, 6.45) is 7.19. The fourth-order valence-electron chi connectivity index (χ4n) is 3.78. The van der Waals surface area contributed by atoms with Gasteiger partial charge in [0.1, 0.15) is 0 Å². The minimum absolute atomic E-state index is 0.0514. The number of benzene rings is 2. The molecule has 1 aliphatic rings. The molecule has 3 aromatic rings. The third-order valence-corrected chi connectivity index (χ3v) is 7.55. The lowest BCUT2D eigenvalue weighted by Gasteiger charge is -2.23. The van der Waals surface area contributed by atoms with Crippen LogP contribution < -0.4 is 4.72 Å². The van der Waals surface area contributed by atoms with Crippen molar-refractivity contribution in [3.63, 3.8) is 0 Å². The molecule has 4 rings (SSSR count). The molecule has 7 heteroatoms. The fraction of sp³-hybridized carbons (Fsp3) is 0.333. The van der Waals surface area contributed by atoms with Crippen LogP contribution in [0.15, 0.2) is 78.0 Å². The van der Waals surface area contributed by atoms with E-state index in [-0.39, 0.29) is 16.8 Å². The summed E-state index contributed by atoms with van der Waals surface area (Å²) in [5.74, 6) is 0.0514. The maximum Gasteiger partial charge on any atom is 0.240 e. The Kier molecular flexibility index (Phi) is 7.75. The van der Waals surface area contributed by atoms with E-state index in [2.05, 4.69) is 40.9 Å². The summed E-state index contributed by atoms with van der Waals surface area (Å²) in [6, 6.07) is 19.1. The van der Waals surface area contributed by atoms with Crippen molar-refractivity contribution in [1.29, 1.82) is 0 Å². The van der Waals surface area contributed by atoms with Crippen LogP contribution in [-0.2, 0) is 40.7 Å². The standard InChI is InChI=1S/C27H31N3O3S/c1-2-21-5-7-23(8-6-21)19-30(20-24-4-3-17-28-18-24)27(31)16-11-22-9-14-26(15-10-22)34(32,33)29-25-12-13-25/h3-10,14-15,17-18,25,29H,2,11-13,16,19-20H2,1H3. The van der Waals surface area contributed by atoms with E-state index < -0.39 is 10.0 Å². The molecule has 1 heterocycles. The highest BCUT2D eigenvalue weighted by atomic mass is 32.2. The Labute approximate surface area is 202 Å². The van der Waals surface area contributed by atoms with Crippen LogP contribution in [0.5, 0.6) is 0 Å². The van der Waals surface area contributed by atoms with E-state index in [1.807, 2.05) is 17.0 Å². The first-order valence-corrected chi connectivity index (χ1v) is 13.3. The van der Waals surface area contributed by atoms with Gasteiger partial charge in [-0.05, 0) is 66.1 Å². The van der Waals surface area contributed by atoms with E-state index >= 15 is 0 Å². The van der Waals surface area contributed by atoms with Crippen LogP contribution in [-0.4, -0.2) is 30.3 Å². The molecular weight excluding hydrogens is 446 g/mol. The molecule has 0 radical (unpaired) electrons. The van der Waals surface area contributed by atoms with Crippen molar-refractivity contribution < 1.29 is 13.2 Å². The number of aryl methyl sites for hydroxylation is 2. The van der Waals surface area contributed by atoms with Crippen molar-refractivity contribution in [2.24, 2.45) is 0 Å². The lowest BCUT2D eigenvalue weighted by Crippen LogP contribution is -2.30. The summed E-state index contributed by atoms with van der Waals surface area (Å²) in [5.41, 5.74) is 4.28. The number of amides is 1. The second-order valence-electron chi connectivity index (χ2n) is 8.82. The van der Waals surface area contributed by atoms with Gasteiger partial charge in [0.15, 0.2) is 0 Å². The number of hydrogen-bond donors (Lipinski definition) is 1. The van der Waals surface area contributed by atoms with Crippen LogP contribution in [0.4, 0.5) is 0 Å². The number of aromatic nitrogens is 1. The van der Waals surface area contributed by atoms with Crippen LogP contribution in [0.25, 0.3) is 0 Å². The average molecular weight is 478 g/mol. The van der Waals surface area contributed by atoms with Crippen molar-refractivity contribution in [3.05, 3.63) is 95.3 Å². The minimum atomic E-state index is -3.46. The Bertz CT molecular complexity index is 1190. The quantitative estimate of drug-likeness (QED) is 0.448. The van der Waals surface area contributed by atoms with Crippen molar-refractivity contribution in [2.75, 3.05) is 0 Å². The van der Waals surface area contributed by atoms with Crippen LogP contribution in [0.1, 0.15) is 48.4 Å². The molecule has 6 nitrogen and oxygen atoms in total. The topological polar surface area (TPSA) is 79.4 Å². The maximum atomic E-state index is 13.2. The first kappa shape index (κ1) is 24.1. The number of pyridine rings is 1. The van der Waals surface area contributed by atoms with Gasteiger partial charge in [0.2, 0.25) is 15.9 Å². The minimum Gasteiger partial charge on any atom is -0.334 e. The lowest BCUT2D eigenvalue weighted by atomic mass is 10.1. The van der Waals surface area contributed by atoms with Gasteiger partial charge in [-0.1, -0.05) is 49.4 Å². The van der Waals surface area contributed by atoms with E-state index in [1.165, 1.54) is 5.56 Å². The third-order valence-electron chi connectivity index (χ3n) is 6.01. The van der Waals surface area contributed by atoms with E-state index in [9.17, 15) is 13.2 Å². The van der Waals surface area contributed by atoms with Crippen LogP contribution >= 0.6 is 0 Å². The van der Waals surface area contributed by atoms with Crippen LogP contribution in [0.3, 0.4) is 0 Å². The molecule has 2 aromatic carbocycles. The molecule has 1 aliphatic carbocycles. The smallest absolute Gasteiger partial charge is 0.240 e. The average Bonchev–Trinajstić information content (AvgIpc) is 3.67. The highest BCUT2D eigenvalue weighted by Gasteiger charge is 2.27. The molecule has 1 amide bonds. The van der Waals surface area contributed by atoms with Gasteiger partial charge in [0.05, 0.1) is 4.90 Å². The SMILES string of the molecule is CCc1ccc(CN(Cc2cccnc2)C(=O)CCc2ccc(S(=O)(=O)NC3CC3)cc2)cc1. The maximum absolute atomic E-state index is 13.2. The molecule has 0 atom stereocenters. The highest BCUT2D eigenvalue weighted by molar-refractivity contribution is 7.89. The van der Waals surface area contributed by atoms with Crippen molar-refractivity contribution in [2.45, 2.75) is 63.1 Å². The molecule has 0 unspecified atom stereocenters. The van der Waals surface area contributed by atoms with Gasteiger partial charge in [0, 0.05) is 37.9 Å². The zero-order chi connectivity index (χ0) is 24.0. The van der Waals surface area contributed by atoms with E-state index in [0.717, 1.165) is 36.0 Å². The molecule has 0 aliphatic heterocycles. The van der Waals surface area contributed by atoms with Gasteiger partial charge in [-0.15, -0.1) is 0 Å². The normalized spacial score (nSPS) is 13.6. The Morgan fingerprint density at radius 3 is 2.21 bits per heavy atom. The van der Waals surface area contributed by atoms with E-state index in [4.69, 9.17) is 0 Å². The first-order valence-electron chi connectivity index (χ1n) is 11.8. The van der Waals surface area contributed by atoms with Crippen molar-refractivity contribution in [1.82, 2.24) is 14.6 Å². The summed E-state index contributed by atoms with van der Waals surface area (Å²) in [7, 11) is -3.46. The summed E-state index contributed by atoms with van der Waals surface area (Å²) >= 11 is 0. The zero-order valence-electron chi connectivity index (χ0n) is 19.5. The summed E-state index contributed by atoms with van der Waals surface area (Å²) < 4.78 is 27.4. The molecule has 34 heavy (non-hydrogen) atoms. The Morgan fingerprint density at radius 2 is 1.59 bits per heavy atom. The van der Waals surface area contributed by atoms with Crippen LogP contribution in [0.2, 0.25) is 0 Å². The predicted octanol–water partition coefficient (Wildman–Crippen LogP) is 4.25. The largest absolute Gasteiger partial charge is 0.334 e. The van der Waals surface area contributed by atoms with Gasteiger partial charge >= 0.3 is 0 Å². The molecule has 0 bridgehead atoms. The predicted molar refractivity (Wildman–Crippen MR) is 132 cm³/mol. The highest BCUT2D eigenvalue weighted by Crippen LogP contribution is 2.22. The Hall–Kier alpha value is -3.03. The van der Waals surface area contributed by atoms with Crippen molar-refractivity contribution >= 4 is 15.9 Å². The number of carbonyl (C=O) groups excluding carboxylic acids is 1. The number of nitrogens with zero attached hydrogens (tertiary/aromatic N) is 2. The Morgan fingerprint density at radius 1 is 0.941 bits per heavy atom. The summed E-state index contributed by atoms with van der Waals surface area (Å²) in [6.45, 7) is 3.15. The van der Waals surface area contributed by atoms with Gasteiger partial charge in [0.25, 0.3) is 0 Å². The number of sulfonamides is 1. The van der Waals surface area contributed by atoms with Gasteiger partial charge in [-0.3, -0.25) is 9.78 Å². The molecule has 1 aromatic heterocycles. The second-order valence-corrected chi connectivity index (χ2v) is 10.5. The Balaban J connectivity index is 1.41. The van der Waals surface area contributed by atoms with Crippen molar-refractivity contribution in [3.8, 4) is 0 Å². The molecule has 0 saturated heterocycles. The summed E-state index contributed by atoms with van der Waals surface area (Å²) in [4.78, 5) is 19.5. The number of nitrogens with one attached hydrogen (secondary N) is 1. The van der Waals surface area contributed by atoms with Gasteiger partial charge < -0.3 is 4.90 Å². The second kappa shape index (κ2) is 10.9. The summed E-state index contributed by atoms with van der Waals surface area (Å²) in [5, 5.41) is 0. The molecule has 0 spiro atoms. The monoisotopic (exact) mass is 477 g/mol. The number of rotatable bonds is 11. The first-order chi connectivity index (χ1) is 16.4. The number of carbonyl (C=O) groups is 1. The fourth-order valence-corrected chi connectivity index (χ4v) is 5.08. The zero-order valence-corrected chi connectivity index (χ0v) is 20.3. The van der Waals surface area contributed by atoms with Gasteiger partial charge in [-0.25, -0.2) is 13.1 Å². The molecule has 1 fully saturated rings. The lowest BCUT2D eigenvalue weighted by molar-refractivity contribution is -0.132. The van der Waals surface area contributed by atoms with Crippen LogP contribution in [0, 0.1) is 0 Å². The number of hydrogen-bond acceptors (Lipinski definition) is 4. The third kappa shape index (κ3) is 6.74. The van der Waals surface area contributed by atoms with Gasteiger partial charge in [-0.2, -0.15) is 0 Å². The molecule has 1 N–H and O–H groups in total. The van der Waals surface area contributed by atoms with E-state index in [1.54, 1.807) is 36.7 Å². The molecule has 178 valence electrons. The van der Waals surface area contributed by atoms with E-state index in [0.29, 0.717) is 25.9 Å².